The average Bonchev–Trinajstić information content (AvgIpc) is 2.08. The van der Waals surface area contributed by atoms with Crippen molar-refractivity contribution in [3.05, 3.63) is 0 Å². The van der Waals surface area contributed by atoms with Crippen LogP contribution in [0.5, 0.6) is 0 Å². The molecular weight excluding hydrogens is 168 g/mol. The van der Waals surface area contributed by atoms with Gasteiger partial charge < -0.3 is 10.1 Å². The lowest BCUT2D eigenvalue weighted by atomic mass is 9.93. The first-order valence-corrected chi connectivity index (χ1v) is 4.63. The summed E-state index contributed by atoms with van der Waals surface area (Å²) in [6.07, 6.45) is 3.73. The van der Waals surface area contributed by atoms with E-state index in [1.165, 1.54) is 19.3 Å². The molecule has 0 aliphatic heterocycles. The lowest BCUT2D eigenvalue weighted by molar-refractivity contribution is 0.207. The molecule has 5 heteroatoms. The van der Waals surface area contributed by atoms with E-state index in [4.69, 9.17) is 10.6 Å². The number of rotatable bonds is 4. The van der Waals surface area contributed by atoms with Crippen LogP contribution in [0.1, 0.15) is 19.3 Å². The monoisotopic (exact) mass is 186 g/mol. The van der Waals surface area contributed by atoms with Crippen LogP contribution in [0.4, 0.5) is 0 Å². The highest BCUT2D eigenvalue weighted by molar-refractivity contribution is 5.79. The second-order valence-corrected chi connectivity index (χ2v) is 3.14. The van der Waals surface area contributed by atoms with Crippen molar-refractivity contribution < 1.29 is 4.74 Å². The quantitative estimate of drug-likeness (QED) is 0.183. The number of ether oxygens (including phenoxy) is 1. The largest absolute Gasteiger partial charge is 0.383 e. The number of hydrazine groups is 1. The van der Waals surface area contributed by atoms with Crippen LogP contribution in [0, 0.1) is 0 Å². The zero-order valence-electron chi connectivity index (χ0n) is 8.05. The van der Waals surface area contributed by atoms with Crippen LogP contribution < -0.4 is 16.6 Å². The summed E-state index contributed by atoms with van der Waals surface area (Å²) in [5, 5.41) is 3.22. The molecule has 4 N–H and O–H groups in total. The van der Waals surface area contributed by atoms with Crippen molar-refractivity contribution in [2.24, 2.45) is 10.8 Å². The van der Waals surface area contributed by atoms with E-state index in [9.17, 15) is 0 Å². The fourth-order valence-electron chi connectivity index (χ4n) is 1.13. The van der Waals surface area contributed by atoms with Crippen LogP contribution in [-0.2, 0) is 4.74 Å². The number of hydrogen-bond donors (Lipinski definition) is 3. The van der Waals surface area contributed by atoms with Crippen LogP contribution >= 0.6 is 0 Å². The van der Waals surface area contributed by atoms with Gasteiger partial charge in [-0.25, -0.2) is 10.8 Å². The van der Waals surface area contributed by atoms with Crippen molar-refractivity contribution in [1.29, 1.82) is 0 Å². The van der Waals surface area contributed by atoms with Gasteiger partial charge in [-0.15, -0.1) is 0 Å². The second kappa shape index (κ2) is 5.77. The van der Waals surface area contributed by atoms with Crippen LogP contribution in [0.2, 0.25) is 0 Å². The van der Waals surface area contributed by atoms with E-state index in [1.54, 1.807) is 7.11 Å². The standard InChI is InChI=1S/C8H18N4O/c1-13-6-5-10-8(12-9)11-7-3-2-4-7/h7H,2-6,9H2,1H3,(H2,10,11,12). The molecule has 0 saturated heterocycles. The third-order valence-electron chi connectivity index (χ3n) is 2.15. The number of aliphatic imine (C=N–C) groups is 1. The van der Waals surface area contributed by atoms with Gasteiger partial charge in [-0.05, 0) is 19.3 Å². The van der Waals surface area contributed by atoms with Crippen LogP contribution in [0.15, 0.2) is 4.99 Å². The number of hydrogen-bond acceptors (Lipinski definition) is 3. The zero-order valence-corrected chi connectivity index (χ0v) is 8.05. The van der Waals surface area contributed by atoms with Gasteiger partial charge in [0, 0.05) is 13.2 Å². The van der Waals surface area contributed by atoms with Gasteiger partial charge in [0.1, 0.15) is 0 Å². The average molecular weight is 186 g/mol. The Morgan fingerprint density at radius 2 is 2.38 bits per heavy atom. The number of nitrogens with zero attached hydrogens (tertiary/aromatic N) is 1. The van der Waals surface area contributed by atoms with Crippen LogP contribution in [-0.4, -0.2) is 32.3 Å². The first kappa shape index (κ1) is 10.3. The first-order valence-electron chi connectivity index (χ1n) is 4.63. The van der Waals surface area contributed by atoms with Gasteiger partial charge >= 0.3 is 0 Å². The topological polar surface area (TPSA) is 71.7 Å². The van der Waals surface area contributed by atoms with Gasteiger partial charge in [-0.3, -0.25) is 5.43 Å². The van der Waals surface area contributed by atoms with Crippen LogP contribution in [0.3, 0.4) is 0 Å². The summed E-state index contributed by atoms with van der Waals surface area (Å²) in [4.78, 5) is 4.20. The molecule has 0 heterocycles. The van der Waals surface area contributed by atoms with Crippen molar-refractivity contribution in [3.63, 3.8) is 0 Å². The molecule has 0 unspecified atom stereocenters. The van der Waals surface area contributed by atoms with Crippen molar-refractivity contribution in [2.45, 2.75) is 25.3 Å². The van der Waals surface area contributed by atoms with E-state index in [0.717, 1.165) is 0 Å². The molecule has 0 atom stereocenters. The zero-order chi connectivity index (χ0) is 9.52. The Balaban J connectivity index is 2.19. The normalized spacial score (nSPS) is 18.2. The number of methoxy groups -OCH3 is 1. The molecule has 0 aromatic rings. The highest BCUT2D eigenvalue weighted by Gasteiger charge is 2.17. The number of guanidine groups is 1. The highest BCUT2D eigenvalue weighted by atomic mass is 16.5. The molecule has 1 aliphatic carbocycles. The lowest BCUT2D eigenvalue weighted by Gasteiger charge is -2.27. The molecule has 13 heavy (non-hydrogen) atoms. The summed E-state index contributed by atoms with van der Waals surface area (Å²) < 4.78 is 4.88. The Hall–Kier alpha value is -0.810. The Kier molecular flexibility index (Phi) is 4.56. The minimum Gasteiger partial charge on any atom is -0.383 e. The maximum Gasteiger partial charge on any atom is 0.206 e. The van der Waals surface area contributed by atoms with Crippen molar-refractivity contribution >= 4 is 5.96 Å². The maximum atomic E-state index is 5.30. The molecule has 0 aromatic carbocycles. The molecule has 0 amide bonds. The predicted octanol–water partition coefficient (Wildman–Crippen LogP) is -0.406. The van der Waals surface area contributed by atoms with Gasteiger partial charge in [0.05, 0.1) is 13.2 Å². The van der Waals surface area contributed by atoms with E-state index in [1.807, 2.05) is 0 Å². The number of nitrogens with one attached hydrogen (secondary N) is 2. The van der Waals surface area contributed by atoms with Gasteiger partial charge in [0.25, 0.3) is 0 Å². The molecule has 0 bridgehead atoms. The fourth-order valence-corrected chi connectivity index (χ4v) is 1.13. The Morgan fingerprint density at radius 1 is 1.62 bits per heavy atom. The molecule has 0 aromatic heterocycles. The summed E-state index contributed by atoms with van der Waals surface area (Å²) >= 11 is 0. The second-order valence-electron chi connectivity index (χ2n) is 3.14. The lowest BCUT2D eigenvalue weighted by Crippen LogP contribution is -2.48. The first-order chi connectivity index (χ1) is 6.36. The molecule has 1 saturated carbocycles. The molecule has 76 valence electrons. The summed E-state index contributed by atoms with van der Waals surface area (Å²) in [5.74, 6) is 5.97. The minimum absolute atomic E-state index is 0.553. The molecule has 0 radical (unpaired) electrons. The molecular formula is C8H18N4O. The van der Waals surface area contributed by atoms with E-state index >= 15 is 0 Å². The van der Waals surface area contributed by atoms with E-state index in [2.05, 4.69) is 15.7 Å². The van der Waals surface area contributed by atoms with Crippen molar-refractivity contribution in [1.82, 2.24) is 10.7 Å². The molecule has 5 nitrogen and oxygen atoms in total. The van der Waals surface area contributed by atoms with Gasteiger partial charge in [-0.1, -0.05) is 0 Å². The van der Waals surface area contributed by atoms with Gasteiger partial charge in [0.15, 0.2) is 0 Å². The summed E-state index contributed by atoms with van der Waals surface area (Å²) in [5.41, 5.74) is 2.54. The summed E-state index contributed by atoms with van der Waals surface area (Å²) in [7, 11) is 1.66. The third kappa shape index (κ3) is 3.61. The minimum atomic E-state index is 0.553. The van der Waals surface area contributed by atoms with Gasteiger partial charge in [-0.2, -0.15) is 0 Å². The molecule has 1 rings (SSSR count). The SMILES string of the molecule is COCCN=C(NN)NC1CCC1. The van der Waals surface area contributed by atoms with Crippen LogP contribution in [0.25, 0.3) is 0 Å². The Bertz CT molecular complexity index is 168. The van der Waals surface area contributed by atoms with E-state index in [0.29, 0.717) is 25.2 Å². The number of nitrogens with two attached hydrogens (primary N) is 1. The molecule has 0 spiro atoms. The summed E-state index contributed by atoms with van der Waals surface area (Å²) in [6.45, 7) is 1.26. The third-order valence-corrected chi connectivity index (χ3v) is 2.15. The highest BCUT2D eigenvalue weighted by Crippen LogP contribution is 2.17. The summed E-state index contributed by atoms with van der Waals surface area (Å²) in [6, 6.07) is 0.553. The maximum absolute atomic E-state index is 5.30. The molecule has 1 fully saturated rings. The Morgan fingerprint density at radius 3 is 2.85 bits per heavy atom. The van der Waals surface area contributed by atoms with Crippen molar-refractivity contribution in [2.75, 3.05) is 20.3 Å². The fraction of sp³-hybridized carbons (Fsp3) is 0.875. The smallest absolute Gasteiger partial charge is 0.206 e. The van der Waals surface area contributed by atoms with Crippen molar-refractivity contribution in [3.8, 4) is 0 Å². The van der Waals surface area contributed by atoms with E-state index < -0.39 is 0 Å². The Labute approximate surface area is 78.7 Å². The molecule has 1 aliphatic rings. The predicted molar refractivity (Wildman–Crippen MR) is 52.3 cm³/mol. The van der Waals surface area contributed by atoms with Gasteiger partial charge in [0.2, 0.25) is 5.96 Å². The van der Waals surface area contributed by atoms with E-state index in [-0.39, 0.29) is 0 Å².